The third-order valence-electron chi connectivity index (χ3n) is 2.73. The summed E-state index contributed by atoms with van der Waals surface area (Å²) in [4.78, 5) is 3.01. The second-order valence-corrected chi connectivity index (χ2v) is 4.70. The molecule has 0 aromatic carbocycles. The standard InChI is InChI=1S/C11H12NS/c1-2-6-10-9(5-1)12-8-4-3-7-11(12)13-10/h3-4,7-8H,1-2,5-6H2/q+1. The van der Waals surface area contributed by atoms with Crippen molar-refractivity contribution in [2.24, 2.45) is 0 Å². The number of pyridine rings is 1. The Kier molecular flexibility index (Phi) is 1.62. The molecule has 66 valence electrons. The fourth-order valence-electron chi connectivity index (χ4n) is 2.09. The number of hydrogen-bond acceptors (Lipinski definition) is 1. The maximum Gasteiger partial charge on any atom is 0.267 e. The lowest BCUT2D eigenvalue weighted by Gasteiger charge is -2.04. The lowest BCUT2D eigenvalue weighted by atomic mass is 10.0. The zero-order chi connectivity index (χ0) is 8.67. The summed E-state index contributed by atoms with van der Waals surface area (Å²) in [5.41, 5.74) is 1.56. The normalized spacial score (nSPS) is 16.0. The molecule has 2 heterocycles. The molecule has 3 rings (SSSR count). The zero-order valence-corrected chi connectivity index (χ0v) is 8.31. The lowest BCUT2D eigenvalue weighted by Crippen LogP contribution is -2.25. The average molecular weight is 190 g/mol. The van der Waals surface area contributed by atoms with Crippen LogP contribution in [0.2, 0.25) is 0 Å². The number of thiazole rings is 1. The second-order valence-electron chi connectivity index (χ2n) is 3.59. The Labute approximate surface area is 81.7 Å². The summed E-state index contributed by atoms with van der Waals surface area (Å²) in [6, 6.07) is 6.45. The Morgan fingerprint density at radius 3 is 3.08 bits per heavy atom. The third-order valence-corrected chi connectivity index (χ3v) is 3.96. The van der Waals surface area contributed by atoms with Crippen LogP contribution in [0.15, 0.2) is 24.4 Å². The topological polar surface area (TPSA) is 4.10 Å². The van der Waals surface area contributed by atoms with Crippen molar-refractivity contribution in [2.45, 2.75) is 25.7 Å². The Hall–Kier alpha value is -0.890. The fourth-order valence-corrected chi connectivity index (χ4v) is 3.32. The number of nitrogens with zero attached hydrogens (tertiary/aromatic N) is 1. The van der Waals surface area contributed by atoms with Crippen LogP contribution in [-0.4, -0.2) is 0 Å². The first-order valence-corrected chi connectivity index (χ1v) is 5.68. The number of hydrogen-bond donors (Lipinski definition) is 0. The summed E-state index contributed by atoms with van der Waals surface area (Å²) in [7, 11) is 0. The van der Waals surface area contributed by atoms with Gasteiger partial charge in [-0.15, -0.1) is 0 Å². The molecule has 2 aromatic heterocycles. The van der Waals surface area contributed by atoms with E-state index in [0.29, 0.717) is 0 Å². The van der Waals surface area contributed by atoms with Crippen LogP contribution in [0.1, 0.15) is 23.4 Å². The van der Waals surface area contributed by atoms with Gasteiger partial charge in [0.05, 0.1) is 4.88 Å². The predicted molar refractivity (Wildman–Crippen MR) is 54.1 cm³/mol. The molecule has 0 atom stereocenters. The molecule has 0 unspecified atom stereocenters. The third kappa shape index (κ3) is 1.09. The predicted octanol–water partition coefficient (Wildman–Crippen LogP) is 2.37. The molecule has 0 saturated carbocycles. The molecular formula is C11H12NS+. The van der Waals surface area contributed by atoms with Crippen molar-refractivity contribution in [3.8, 4) is 0 Å². The minimum absolute atomic E-state index is 1.27. The van der Waals surface area contributed by atoms with E-state index in [4.69, 9.17) is 0 Å². The largest absolute Gasteiger partial charge is 0.267 e. The summed E-state index contributed by atoms with van der Waals surface area (Å²) in [5.74, 6) is 0. The van der Waals surface area contributed by atoms with Gasteiger partial charge in [0.1, 0.15) is 0 Å². The Bertz CT molecular complexity index is 444. The highest BCUT2D eigenvalue weighted by atomic mass is 32.1. The molecule has 1 aliphatic carbocycles. The van der Waals surface area contributed by atoms with Gasteiger partial charge in [0.15, 0.2) is 6.20 Å². The van der Waals surface area contributed by atoms with Gasteiger partial charge in [0, 0.05) is 18.6 Å². The number of fused-ring (bicyclic) bond motifs is 3. The highest BCUT2D eigenvalue weighted by Gasteiger charge is 2.22. The summed E-state index contributed by atoms with van der Waals surface area (Å²) < 4.78 is 2.36. The summed E-state index contributed by atoms with van der Waals surface area (Å²) >= 11 is 1.96. The zero-order valence-electron chi connectivity index (χ0n) is 7.49. The van der Waals surface area contributed by atoms with Crippen LogP contribution >= 0.6 is 11.3 Å². The number of aryl methyl sites for hydroxylation is 2. The second kappa shape index (κ2) is 2.81. The first kappa shape index (κ1) is 7.51. The molecule has 0 spiro atoms. The Morgan fingerprint density at radius 1 is 1.15 bits per heavy atom. The van der Waals surface area contributed by atoms with Gasteiger partial charge in [-0.3, -0.25) is 0 Å². The molecule has 0 aliphatic heterocycles. The highest BCUT2D eigenvalue weighted by molar-refractivity contribution is 7.17. The molecule has 2 heteroatoms. The van der Waals surface area contributed by atoms with E-state index in [1.807, 2.05) is 11.3 Å². The van der Waals surface area contributed by atoms with Gasteiger partial charge < -0.3 is 0 Å². The van der Waals surface area contributed by atoms with Crippen LogP contribution in [-0.2, 0) is 12.8 Å². The molecule has 0 amide bonds. The molecule has 0 radical (unpaired) electrons. The number of rotatable bonds is 0. The first-order valence-electron chi connectivity index (χ1n) is 4.86. The van der Waals surface area contributed by atoms with E-state index in [1.54, 1.807) is 10.6 Å². The molecule has 0 fully saturated rings. The molecule has 0 N–H and O–H groups in total. The van der Waals surface area contributed by atoms with E-state index in [0.717, 1.165) is 0 Å². The van der Waals surface area contributed by atoms with Crippen LogP contribution in [0.3, 0.4) is 0 Å². The van der Waals surface area contributed by atoms with Crippen molar-refractivity contribution in [2.75, 3.05) is 0 Å². The van der Waals surface area contributed by atoms with Gasteiger partial charge in [-0.1, -0.05) is 11.3 Å². The maximum atomic E-state index is 2.36. The van der Waals surface area contributed by atoms with Crippen molar-refractivity contribution in [1.29, 1.82) is 0 Å². The quantitative estimate of drug-likeness (QED) is 0.562. The van der Waals surface area contributed by atoms with Crippen molar-refractivity contribution in [3.63, 3.8) is 0 Å². The Morgan fingerprint density at radius 2 is 2.08 bits per heavy atom. The van der Waals surface area contributed by atoms with E-state index in [-0.39, 0.29) is 0 Å². The summed E-state index contributed by atoms with van der Waals surface area (Å²) in [6.07, 6.45) is 7.49. The average Bonchev–Trinajstić information content (AvgIpc) is 2.56. The number of aromatic nitrogens is 1. The molecule has 0 bridgehead atoms. The van der Waals surface area contributed by atoms with Gasteiger partial charge in [-0.2, -0.15) is 4.40 Å². The van der Waals surface area contributed by atoms with Gasteiger partial charge in [0.2, 0.25) is 5.69 Å². The van der Waals surface area contributed by atoms with Crippen LogP contribution in [0.4, 0.5) is 0 Å². The molecule has 2 aromatic rings. The van der Waals surface area contributed by atoms with Crippen LogP contribution < -0.4 is 4.40 Å². The monoisotopic (exact) mass is 190 g/mol. The molecule has 1 nitrogen and oxygen atoms in total. The van der Waals surface area contributed by atoms with Crippen LogP contribution in [0.5, 0.6) is 0 Å². The smallest absolute Gasteiger partial charge is 0.154 e. The van der Waals surface area contributed by atoms with E-state index >= 15 is 0 Å². The van der Waals surface area contributed by atoms with Gasteiger partial charge in [-0.05, 0) is 25.3 Å². The molecular weight excluding hydrogens is 178 g/mol. The highest BCUT2D eigenvalue weighted by Crippen LogP contribution is 2.25. The molecule has 1 aliphatic rings. The van der Waals surface area contributed by atoms with Crippen LogP contribution in [0, 0.1) is 0 Å². The van der Waals surface area contributed by atoms with Crippen LogP contribution in [0.25, 0.3) is 4.83 Å². The Balaban J connectivity index is 2.34. The van der Waals surface area contributed by atoms with Gasteiger partial charge in [0.25, 0.3) is 4.83 Å². The fraction of sp³-hybridized carbons (Fsp3) is 0.364. The minimum Gasteiger partial charge on any atom is -0.154 e. The molecule has 0 saturated heterocycles. The van der Waals surface area contributed by atoms with Crippen molar-refractivity contribution in [1.82, 2.24) is 0 Å². The lowest BCUT2D eigenvalue weighted by molar-refractivity contribution is -0.518. The van der Waals surface area contributed by atoms with Crippen molar-refractivity contribution >= 4 is 16.2 Å². The summed E-state index contributed by atoms with van der Waals surface area (Å²) in [6.45, 7) is 0. The van der Waals surface area contributed by atoms with Gasteiger partial charge >= 0.3 is 0 Å². The van der Waals surface area contributed by atoms with Crippen molar-refractivity contribution < 1.29 is 4.40 Å². The molecule has 13 heavy (non-hydrogen) atoms. The van der Waals surface area contributed by atoms with Gasteiger partial charge in [-0.25, -0.2) is 0 Å². The van der Waals surface area contributed by atoms with E-state index in [2.05, 4.69) is 28.8 Å². The SMILES string of the molecule is c1cc[n+]2c3c(sc2c1)CCCC3. The maximum absolute atomic E-state index is 2.36. The first-order chi connectivity index (χ1) is 6.45. The van der Waals surface area contributed by atoms with E-state index in [1.165, 1.54) is 30.5 Å². The van der Waals surface area contributed by atoms with Crippen molar-refractivity contribution in [3.05, 3.63) is 35.0 Å². The van der Waals surface area contributed by atoms with E-state index < -0.39 is 0 Å². The summed E-state index contributed by atoms with van der Waals surface area (Å²) in [5, 5.41) is 0. The minimum atomic E-state index is 1.27. The van der Waals surface area contributed by atoms with E-state index in [9.17, 15) is 0 Å².